The van der Waals surface area contributed by atoms with Crippen LogP contribution in [0.2, 0.25) is 0 Å². The molecule has 2 rings (SSSR count). The summed E-state index contributed by atoms with van der Waals surface area (Å²) in [6.07, 6.45) is 1.80. The Hall–Kier alpha value is -2.04. The number of ether oxygens (including phenoxy) is 1. The number of carbonyl (C=O) groups excluding carboxylic acids is 1. The summed E-state index contributed by atoms with van der Waals surface area (Å²) >= 11 is 0. The number of halogens is 1. The van der Waals surface area contributed by atoms with Crippen molar-refractivity contribution < 1.29 is 9.53 Å². The summed E-state index contributed by atoms with van der Waals surface area (Å²) in [5.41, 5.74) is 7.98. The lowest BCUT2D eigenvalue weighted by Crippen LogP contribution is -2.25. The van der Waals surface area contributed by atoms with Gasteiger partial charge in [-0.3, -0.25) is 4.79 Å². The molecule has 3 N–H and O–H groups in total. The molecule has 0 fully saturated rings. The molecule has 0 heterocycles. The van der Waals surface area contributed by atoms with Crippen molar-refractivity contribution in [3.63, 3.8) is 0 Å². The van der Waals surface area contributed by atoms with E-state index in [-0.39, 0.29) is 18.3 Å². The maximum atomic E-state index is 11.9. The van der Waals surface area contributed by atoms with Crippen LogP contribution in [0.15, 0.2) is 54.6 Å². The second-order valence-electron chi connectivity index (χ2n) is 5.09. The average Bonchev–Trinajstić information content (AvgIpc) is 2.55. The molecule has 124 valence electrons. The fourth-order valence-corrected chi connectivity index (χ4v) is 2.09. The Bertz CT molecular complexity index is 591. The van der Waals surface area contributed by atoms with Crippen LogP contribution in [0.5, 0.6) is 0 Å². The van der Waals surface area contributed by atoms with E-state index in [2.05, 4.69) is 5.32 Å². The van der Waals surface area contributed by atoms with Crippen molar-refractivity contribution in [2.75, 3.05) is 18.9 Å². The maximum Gasteiger partial charge on any atom is 0.253 e. The number of nitrogens with two attached hydrogens (primary N) is 1. The molecular formula is C18H23ClN2O2. The van der Waals surface area contributed by atoms with E-state index in [1.807, 2.05) is 42.5 Å². The molecular weight excluding hydrogens is 312 g/mol. The van der Waals surface area contributed by atoms with Crippen LogP contribution in [0, 0.1) is 0 Å². The lowest BCUT2D eigenvalue weighted by molar-refractivity contribution is 0.0946. The van der Waals surface area contributed by atoms with Gasteiger partial charge < -0.3 is 15.8 Å². The highest BCUT2D eigenvalue weighted by molar-refractivity contribution is 5.98. The van der Waals surface area contributed by atoms with E-state index in [9.17, 15) is 4.79 Å². The van der Waals surface area contributed by atoms with Crippen LogP contribution >= 0.6 is 12.4 Å². The molecule has 0 aliphatic rings. The molecule has 0 radical (unpaired) electrons. The summed E-state index contributed by atoms with van der Waals surface area (Å²) in [6, 6.07) is 17.2. The molecule has 5 heteroatoms. The van der Waals surface area contributed by atoms with Gasteiger partial charge >= 0.3 is 0 Å². The molecule has 2 aromatic rings. The van der Waals surface area contributed by atoms with Crippen LogP contribution in [0.3, 0.4) is 0 Å². The Balaban J connectivity index is 0.00000264. The number of para-hydroxylation sites is 1. The van der Waals surface area contributed by atoms with Crippen molar-refractivity contribution in [1.29, 1.82) is 0 Å². The van der Waals surface area contributed by atoms with Crippen LogP contribution in [-0.2, 0) is 11.3 Å². The molecule has 2 aromatic carbocycles. The van der Waals surface area contributed by atoms with Gasteiger partial charge in [0.15, 0.2) is 0 Å². The van der Waals surface area contributed by atoms with Gasteiger partial charge in [-0.05, 0) is 30.5 Å². The van der Waals surface area contributed by atoms with Crippen LogP contribution in [0.25, 0.3) is 0 Å². The van der Waals surface area contributed by atoms with Gasteiger partial charge in [0.25, 0.3) is 5.91 Å². The smallest absolute Gasteiger partial charge is 0.253 e. The number of hydrogen-bond donors (Lipinski definition) is 2. The summed E-state index contributed by atoms with van der Waals surface area (Å²) in [5, 5.41) is 2.87. The number of anilines is 1. The number of rotatable bonds is 8. The second-order valence-corrected chi connectivity index (χ2v) is 5.09. The fourth-order valence-electron chi connectivity index (χ4n) is 2.09. The van der Waals surface area contributed by atoms with Gasteiger partial charge in [-0.2, -0.15) is 0 Å². The van der Waals surface area contributed by atoms with Crippen LogP contribution in [0.4, 0.5) is 5.69 Å². The predicted octanol–water partition coefficient (Wildman–Crippen LogP) is 3.42. The fraction of sp³-hybridized carbons (Fsp3) is 0.278. The molecule has 0 aliphatic carbocycles. The van der Waals surface area contributed by atoms with Crippen LogP contribution in [0.1, 0.15) is 28.8 Å². The summed E-state index contributed by atoms with van der Waals surface area (Å²) in [7, 11) is 0. The van der Waals surface area contributed by atoms with Crippen molar-refractivity contribution in [3.05, 3.63) is 65.7 Å². The van der Waals surface area contributed by atoms with Crippen molar-refractivity contribution in [2.24, 2.45) is 0 Å². The van der Waals surface area contributed by atoms with E-state index in [0.717, 1.165) is 12.8 Å². The lowest BCUT2D eigenvalue weighted by Gasteiger charge is -2.07. The zero-order valence-electron chi connectivity index (χ0n) is 13.0. The Kier molecular flexibility index (Phi) is 8.80. The molecule has 0 bridgehead atoms. The first-order chi connectivity index (χ1) is 10.8. The van der Waals surface area contributed by atoms with Gasteiger partial charge in [0, 0.05) is 18.8 Å². The Morgan fingerprint density at radius 3 is 2.43 bits per heavy atom. The standard InChI is InChI=1S/C18H22N2O2.ClH/c19-17-11-5-4-10-16(17)18(21)20-12-6-7-13-22-14-15-8-2-1-3-9-15;/h1-5,8-11H,6-7,12-14,19H2,(H,20,21);1H. The monoisotopic (exact) mass is 334 g/mol. The number of unbranched alkanes of at least 4 members (excludes halogenated alkanes) is 1. The van der Waals surface area contributed by atoms with Gasteiger partial charge in [0.2, 0.25) is 0 Å². The highest BCUT2D eigenvalue weighted by Crippen LogP contribution is 2.09. The van der Waals surface area contributed by atoms with Gasteiger partial charge in [-0.25, -0.2) is 0 Å². The number of nitrogen functional groups attached to an aromatic ring is 1. The molecule has 0 spiro atoms. The third-order valence-electron chi connectivity index (χ3n) is 3.32. The van der Waals surface area contributed by atoms with E-state index < -0.39 is 0 Å². The van der Waals surface area contributed by atoms with E-state index in [4.69, 9.17) is 10.5 Å². The third-order valence-corrected chi connectivity index (χ3v) is 3.32. The third kappa shape index (κ3) is 6.72. The Morgan fingerprint density at radius 1 is 1.00 bits per heavy atom. The minimum Gasteiger partial charge on any atom is -0.398 e. The number of hydrogen-bond acceptors (Lipinski definition) is 3. The highest BCUT2D eigenvalue weighted by atomic mass is 35.5. The summed E-state index contributed by atoms with van der Waals surface area (Å²) < 4.78 is 5.60. The molecule has 0 saturated carbocycles. The van der Waals surface area contributed by atoms with Crippen molar-refractivity contribution in [3.8, 4) is 0 Å². The first kappa shape index (κ1) is 19.0. The number of amides is 1. The highest BCUT2D eigenvalue weighted by Gasteiger charge is 2.07. The number of carbonyl (C=O) groups is 1. The Morgan fingerprint density at radius 2 is 1.70 bits per heavy atom. The zero-order chi connectivity index (χ0) is 15.6. The van der Waals surface area contributed by atoms with Crippen LogP contribution in [-0.4, -0.2) is 19.1 Å². The number of nitrogens with one attached hydrogen (secondary N) is 1. The van der Waals surface area contributed by atoms with E-state index in [1.54, 1.807) is 12.1 Å². The number of benzene rings is 2. The maximum absolute atomic E-state index is 11.9. The normalized spacial score (nSPS) is 9.91. The van der Waals surface area contributed by atoms with Gasteiger partial charge in [0.05, 0.1) is 12.2 Å². The molecule has 23 heavy (non-hydrogen) atoms. The zero-order valence-corrected chi connectivity index (χ0v) is 13.9. The van der Waals surface area contributed by atoms with E-state index in [0.29, 0.717) is 31.0 Å². The minimum absolute atomic E-state index is 0. The first-order valence-corrected chi connectivity index (χ1v) is 7.52. The van der Waals surface area contributed by atoms with Crippen molar-refractivity contribution >= 4 is 24.0 Å². The lowest BCUT2D eigenvalue weighted by atomic mass is 10.1. The molecule has 0 aromatic heterocycles. The molecule has 1 amide bonds. The quantitative estimate of drug-likeness (QED) is 0.574. The van der Waals surface area contributed by atoms with Gasteiger partial charge in [-0.15, -0.1) is 12.4 Å². The molecule has 4 nitrogen and oxygen atoms in total. The van der Waals surface area contributed by atoms with Crippen LogP contribution < -0.4 is 11.1 Å². The van der Waals surface area contributed by atoms with Gasteiger partial charge in [0.1, 0.15) is 0 Å². The Labute approximate surface area is 143 Å². The molecule has 0 atom stereocenters. The second kappa shape index (κ2) is 10.6. The van der Waals surface area contributed by atoms with Crippen molar-refractivity contribution in [2.45, 2.75) is 19.4 Å². The molecule has 0 aliphatic heterocycles. The van der Waals surface area contributed by atoms with E-state index >= 15 is 0 Å². The van der Waals surface area contributed by atoms with Crippen molar-refractivity contribution in [1.82, 2.24) is 5.32 Å². The summed E-state index contributed by atoms with van der Waals surface area (Å²) in [5.74, 6) is -0.122. The predicted molar refractivity (Wildman–Crippen MR) is 95.8 cm³/mol. The average molecular weight is 335 g/mol. The first-order valence-electron chi connectivity index (χ1n) is 7.52. The summed E-state index contributed by atoms with van der Waals surface area (Å²) in [6.45, 7) is 1.95. The topological polar surface area (TPSA) is 64.4 Å². The van der Waals surface area contributed by atoms with Gasteiger partial charge in [-0.1, -0.05) is 42.5 Å². The largest absolute Gasteiger partial charge is 0.398 e. The molecule has 0 unspecified atom stereocenters. The van der Waals surface area contributed by atoms with E-state index in [1.165, 1.54) is 5.56 Å². The SMILES string of the molecule is Cl.Nc1ccccc1C(=O)NCCCCOCc1ccccc1. The minimum atomic E-state index is -0.122. The summed E-state index contributed by atoms with van der Waals surface area (Å²) in [4.78, 5) is 11.9. The molecule has 0 saturated heterocycles.